The minimum Gasteiger partial charge on any atom is -0.496 e. The van der Waals surface area contributed by atoms with Gasteiger partial charge in [-0.1, -0.05) is 17.7 Å². The van der Waals surface area contributed by atoms with Gasteiger partial charge in [0.05, 0.1) is 37.5 Å². The van der Waals surface area contributed by atoms with Crippen molar-refractivity contribution in [3.05, 3.63) is 69.4 Å². The van der Waals surface area contributed by atoms with E-state index >= 15 is 0 Å². The van der Waals surface area contributed by atoms with Gasteiger partial charge in [-0.3, -0.25) is 4.79 Å². The van der Waals surface area contributed by atoms with Crippen LogP contribution in [0.3, 0.4) is 0 Å². The standard InChI is InChI=1S/C23H23NO6S/c1-14-7-8-18(27-2)15(10-14)13-30-23(26)16-11-19(28-3)20(29-4)12-17(16)24-22(25)21-6-5-9-31-21/h5-12H,13H2,1-4H3,(H,24,25). The number of carbonyl (C=O) groups is 2. The molecule has 0 radical (unpaired) electrons. The van der Waals surface area contributed by atoms with E-state index in [0.717, 1.165) is 11.1 Å². The lowest BCUT2D eigenvalue weighted by atomic mass is 10.1. The smallest absolute Gasteiger partial charge is 0.340 e. The molecule has 162 valence electrons. The van der Waals surface area contributed by atoms with Crippen molar-refractivity contribution in [2.75, 3.05) is 26.6 Å². The van der Waals surface area contributed by atoms with Crippen LogP contribution >= 0.6 is 11.3 Å². The molecule has 31 heavy (non-hydrogen) atoms. The van der Waals surface area contributed by atoms with Crippen LogP contribution in [0.25, 0.3) is 0 Å². The van der Waals surface area contributed by atoms with E-state index in [9.17, 15) is 9.59 Å². The van der Waals surface area contributed by atoms with Crippen LogP contribution in [0.5, 0.6) is 17.2 Å². The summed E-state index contributed by atoms with van der Waals surface area (Å²) in [4.78, 5) is 26.0. The minimum absolute atomic E-state index is 0.0103. The zero-order valence-corrected chi connectivity index (χ0v) is 18.5. The monoisotopic (exact) mass is 441 g/mol. The Morgan fingerprint density at radius 3 is 2.29 bits per heavy atom. The third-order valence-electron chi connectivity index (χ3n) is 4.53. The van der Waals surface area contributed by atoms with Crippen LogP contribution < -0.4 is 19.5 Å². The molecule has 1 N–H and O–H groups in total. The molecule has 0 fully saturated rings. The molecule has 7 nitrogen and oxygen atoms in total. The topological polar surface area (TPSA) is 83.1 Å². The molecule has 0 aliphatic heterocycles. The Labute approximate surface area is 184 Å². The number of carbonyl (C=O) groups excluding carboxylic acids is 2. The van der Waals surface area contributed by atoms with Gasteiger partial charge in [-0.15, -0.1) is 11.3 Å². The summed E-state index contributed by atoms with van der Waals surface area (Å²) in [6, 6.07) is 12.1. The van der Waals surface area contributed by atoms with Crippen LogP contribution in [0, 0.1) is 6.92 Å². The first-order chi connectivity index (χ1) is 15.0. The molecular weight excluding hydrogens is 418 g/mol. The quantitative estimate of drug-likeness (QED) is 0.511. The Kier molecular flexibility index (Phi) is 7.15. The number of hydrogen-bond acceptors (Lipinski definition) is 7. The lowest BCUT2D eigenvalue weighted by Gasteiger charge is -2.16. The number of hydrogen-bond donors (Lipinski definition) is 1. The highest BCUT2D eigenvalue weighted by Crippen LogP contribution is 2.34. The molecule has 0 spiro atoms. The van der Waals surface area contributed by atoms with E-state index in [4.69, 9.17) is 18.9 Å². The van der Waals surface area contributed by atoms with Gasteiger partial charge >= 0.3 is 5.97 Å². The summed E-state index contributed by atoms with van der Waals surface area (Å²) in [6.07, 6.45) is 0. The molecule has 0 aliphatic rings. The van der Waals surface area contributed by atoms with E-state index in [1.54, 1.807) is 24.6 Å². The maximum absolute atomic E-state index is 13.0. The number of nitrogens with one attached hydrogen (secondary N) is 1. The maximum Gasteiger partial charge on any atom is 0.340 e. The van der Waals surface area contributed by atoms with Crippen LogP contribution in [-0.2, 0) is 11.3 Å². The van der Waals surface area contributed by atoms with Crippen LogP contribution in [0.15, 0.2) is 47.8 Å². The number of ether oxygens (including phenoxy) is 4. The van der Waals surface area contributed by atoms with Crippen LogP contribution in [0.1, 0.15) is 31.2 Å². The molecule has 8 heteroatoms. The van der Waals surface area contributed by atoms with E-state index in [-0.39, 0.29) is 23.8 Å². The van der Waals surface area contributed by atoms with Gasteiger partial charge in [0.25, 0.3) is 5.91 Å². The highest BCUT2D eigenvalue weighted by Gasteiger charge is 2.21. The number of benzene rings is 2. The summed E-state index contributed by atoms with van der Waals surface area (Å²) >= 11 is 1.30. The number of esters is 1. The summed E-state index contributed by atoms with van der Waals surface area (Å²) in [5.41, 5.74) is 2.16. The number of amides is 1. The van der Waals surface area contributed by atoms with Crippen molar-refractivity contribution in [3.63, 3.8) is 0 Å². The van der Waals surface area contributed by atoms with E-state index in [1.165, 1.54) is 37.7 Å². The summed E-state index contributed by atoms with van der Waals surface area (Å²) < 4.78 is 21.5. The first kappa shape index (κ1) is 22.2. The minimum atomic E-state index is -0.619. The Morgan fingerprint density at radius 1 is 0.935 bits per heavy atom. The summed E-state index contributed by atoms with van der Waals surface area (Å²) in [6.45, 7) is 1.95. The lowest BCUT2D eigenvalue weighted by molar-refractivity contribution is 0.0471. The number of rotatable bonds is 8. The summed E-state index contributed by atoms with van der Waals surface area (Å²) in [5.74, 6) is 0.386. The van der Waals surface area contributed by atoms with Gasteiger partial charge in [0.15, 0.2) is 11.5 Å². The molecule has 0 bridgehead atoms. The van der Waals surface area contributed by atoms with Crippen LogP contribution in [0.2, 0.25) is 0 Å². The molecule has 0 unspecified atom stereocenters. The summed E-state index contributed by atoms with van der Waals surface area (Å²) in [7, 11) is 4.50. The second-order valence-corrected chi connectivity index (χ2v) is 7.52. The lowest BCUT2D eigenvalue weighted by Crippen LogP contribution is -2.15. The maximum atomic E-state index is 13.0. The largest absolute Gasteiger partial charge is 0.496 e. The fraction of sp³-hybridized carbons (Fsp3) is 0.217. The van der Waals surface area contributed by atoms with Crippen LogP contribution in [0.4, 0.5) is 5.69 Å². The van der Waals surface area contributed by atoms with Crippen molar-refractivity contribution in [1.82, 2.24) is 0 Å². The molecule has 1 amide bonds. The SMILES string of the molecule is COc1ccc(C)cc1COC(=O)c1cc(OC)c(OC)cc1NC(=O)c1cccs1. The molecular formula is C23H23NO6S. The van der Waals surface area contributed by atoms with E-state index in [2.05, 4.69) is 5.32 Å². The molecule has 3 rings (SSSR count). The fourth-order valence-corrected chi connectivity index (χ4v) is 3.60. The molecule has 1 heterocycles. The van der Waals surface area contributed by atoms with Crippen molar-refractivity contribution in [1.29, 1.82) is 0 Å². The molecule has 3 aromatic rings. The van der Waals surface area contributed by atoms with Crippen molar-refractivity contribution >= 4 is 28.9 Å². The van der Waals surface area contributed by atoms with Gasteiger partial charge in [0.2, 0.25) is 0 Å². The highest BCUT2D eigenvalue weighted by molar-refractivity contribution is 7.12. The van der Waals surface area contributed by atoms with Crippen LogP contribution in [-0.4, -0.2) is 33.2 Å². The number of aryl methyl sites for hydroxylation is 1. The molecule has 0 saturated carbocycles. The van der Waals surface area contributed by atoms with E-state index in [1.807, 2.05) is 25.1 Å². The molecule has 0 atom stereocenters. The highest BCUT2D eigenvalue weighted by atomic mass is 32.1. The van der Waals surface area contributed by atoms with Gasteiger partial charge in [-0.25, -0.2) is 4.79 Å². The van der Waals surface area contributed by atoms with Gasteiger partial charge < -0.3 is 24.3 Å². The molecule has 2 aromatic carbocycles. The zero-order valence-electron chi connectivity index (χ0n) is 17.7. The van der Waals surface area contributed by atoms with Gasteiger partial charge in [-0.05, 0) is 30.5 Å². The normalized spacial score (nSPS) is 10.3. The molecule has 1 aromatic heterocycles. The van der Waals surface area contributed by atoms with E-state index in [0.29, 0.717) is 22.1 Å². The Hall–Kier alpha value is -3.52. The van der Waals surface area contributed by atoms with Gasteiger partial charge in [-0.2, -0.15) is 0 Å². The second-order valence-electron chi connectivity index (χ2n) is 6.58. The Morgan fingerprint density at radius 2 is 1.65 bits per heavy atom. The number of anilines is 1. The van der Waals surface area contributed by atoms with Crippen molar-refractivity contribution < 1.29 is 28.5 Å². The fourth-order valence-electron chi connectivity index (χ4n) is 2.98. The van der Waals surface area contributed by atoms with Crippen molar-refractivity contribution in [2.45, 2.75) is 13.5 Å². The van der Waals surface area contributed by atoms with Crippen molar-refractivity contribution in [2.24, 2.45) is 0 Å². The predicted octanol–water partition coefficient (Wildman–Crippen LogP) is 4.69. The van der Waals surface area contributed by atoms with Crippen molar-refractivity contribution in [3.8, 4) is 17.2 Å². The molecule has 0 saturated heterocycles. The first-order valence-corrected chi connectivity index (χ1v) is 10.3. The first-order valence-electron chi connectivity index (χ1n) is 9.38. The molecule has 0 aliphatic carbocycles. The summed E-state index contributed by atoms with van der Waals surface area (Å²) in [5, 5.41) is 4.56. The predicted molar refractivity (Wildman–Crippen MR) is 119 cm³/mol. The zero-order chi connectivity index (χ0) is 22.4. The third kappa shape index (κ3) is 5.16. The van der Waals surface area contributed by atoms with Gasteiger partial charge in [0, 0.05) is 17.7 Å². The second kappa shape index (κ2) is 9.99. The average Bonchev–Trinajstić information content (AvgIpc) is 3.32. The number of methoxy groups -OCH3 is 3. The third-order valence-corrected chi connectivity index (χ3v) is 5.40. The average molecular weight is 442 g/mol. The van der Waals surface area contributed by atoms with Gasteiger partial charge in [0.1, 0.15) is 12.4 Å². The van der Waals surface area contributed by atoms with E-state index < -0.39 is 5.97 Å². The Bertz CT molecular complexity index is 1080. The Balaban J connectivity index is 1.89. The number of thiophene rings is 1.